The van der Waals surface area contributed by atoms with Crippen LogP contribution >= 0.6 is 0 Å². The van der Waals surface area contributed by atoms with Crippen LogP contribution in [0.15, 0.2) is 48.5 Å². The van der Waals surface area contributed by atoms with E-state index in [1.165, 1.54) is 5.56 Å². The van der Waals surface area contributed by atoms with Gasteiger partial charge in [-0.05, 0) is 48.4 Å². The highest BCUT2D eigenvalue weighted by Crippen LogP contribution is 2.42. The minimum atomic E-state index is 0.170. The lowest BCUT2D eigenvalue weighted by atomic mass is 9.89. The third-order valence-corrected chi connectivity index (χ3v) is 6.38. The van der Waals surface area contributed by atoms with Gasteiger partial charge in [-0.1, -0.05) is 36.4 Å². The van der Waals surface area contributed by atoms with E-state index in [0.29, 0.717) is 24.0 Å². The number of unbranched alkanes of at least 4 members (excludes halogenated alkanes) is 1. The maximum absolute atomic E-state index is 13.1. The van der Waals surface area contributed by atoms with Gasteiger partial charge in [0.15, 0.2) is 11.5 Å². The van der Waals surface area contributed by atoms with E-state index in [0.717, 1.165) is 44.5 Å². The van der Waals surface area contributed by atoms with Crippen molar-refractivity contribution in [3.05, 3.63) is 59.7 Å². The molecule has 0 aromatic heterocycles. The molecule has 0 bridgehead atoms. The van der Waals surface area contributed by atoms with E-state index in [2.05, 4.69) is 34.5 Å². The predicted octanol–water partition coefficient (Wildman–Crippen LogP) is 3.53. The van der Waals surface area contributed by atoms with E-state index in [1.807, 2.05) is 12.1 Å². The van der Waals surface area contributed by atoms with Crippen LogP contribution in [0, 0.1) is 11.8 Å². The summed E-state index contributed by atoms with van der Waals surface area (Å²) in [4.78, 5) is 15.2. The number of phenols is 1. The average Bonchev–Trinajstić information content (AvgIpc) is 3.33. The summed E-state index contributed by atoms with van der Waals surface area (Å²) >= 11 is 0. The summed E-state index contributed by atoms with van der Waals surface area (Å²) in [6, 6.07) is 16.2. The standard InChI is InChI=1S/C24H30N2O3/c1-29-22-12-11-17(13-21(22)27)7-5-6-10-23(28)26-16-19-14-25-15-20(19)24(26)18-8-3-2-4-9-18/h2-4,8-9,11-13,19-20,24-25,27H,5-7,10,14-16H2,1H3/t19-,20-,24+/m0/s1. The maximum Gasteiger partial charge on any atom is 0.223 e. The van der Waals surface area contributed by atoms with Crippen molar-refractivity contribution < 1.29 is 14.6 Å². The van der Waals surface area contributed by atoms with Gasteiger partial charge in [-0.3, -0.25) is 4.79 Å². The van der Waals surface area contributed by atoms with Crippen molar-refractivity contribution in [3.8, 4) is 11.5 Å². The molecule has 5 heteroatoms. The molecule has 2 saturated heterocycles. The fraction of sp³-hybridized carbons (Fsp3) is 0.458. The third kappa shape index (κ3) is 4.25. The Hall–Kier alpha value is -2.53. The van der Waals surface area contributed by atoms with E-state index < -0.39 is 0 Å². The summed E-state index contributed by atoms with van der Waals surface area (Å²) in [6.07, 6.45) is 3.22. The molecule has 0 aliphatic carbocycles. The first-order valence-electron chi connectivity index (χ1n) is 10.6. The molecule has 2 aliphatic heterocycles. The van der Waals surface area contributed by atoms with Crippen LogP contribution in [0.2, 0.25) is 0 Å². The van der Waals surface area contributed by atoms with Crippen molar-refractivity contribution in [1.82, 2.24) is 10.2 Å². The van der Waals surface area contributed by atoms with Crippen LogP contribution < -0.4 is 10.1 Å². The van der Waals surface area contributed by atoms with Crippen LogP contribution in [0.25, 0.3) is 0 Å². The van der Waals surface area contributed by atoms with Gasteiger partial charge in [0, 0.05) is 32.0 Å². The monoisotopic (exact) mass is 394 g/mol. The Bertz CT molecular complexity index is 839. The summed E-state index contributed by atoms with van der Waals surface area (Å²) in [5, 5.41) is 13.4. The van der Waals surface area contributed by atoms with Gasteiger partial charge < -0.3 is 20.1 Å². The largest absolute Gasteiger partial charge is 0.504 e. The molecular formula is C24H30N2O3. The number of ether oxygens (including phenoxy) is 1. The number of rotatable bonds is 7. The Balaban J connectivity index is 1.33. The summed E-state index contributed by atoms with van der Waals surface area (Å²) in [5.41, 5.74) is 2.32. The van der Waals surface area contributed by atoms with Crippen molar-refractivity contribution in [3.63, 3.8) is 0 Å². The van der Waals surface area contributed by atoms with Crippen molar-refractivity contribution in [2.45, 2.75) is 31.7 Å². The minimum Gasteiger partial charge on any atom is -0.504 e. The first-order chi connectivity index (χ1) is 14.2. The number of fused-ring (bicyclic) bond motifs is 1. The topological polar surface area (TPSA) is 61.8 Å². The molecule has 0 radical (unpaired) electrons. The second kappa shape index (κ2) is 8.87. The normalized spacial score (nSPS) is 23.2. The zero-order chi connectivity index (χ0) is 20.2. The molecular weight excluding hydrogens is 364 g/mol. The first-order valence-corrected chi connectivity index (χ1v) is 10.6. The maximum atomic E-state index is 13.1. The smallest absolute Gasteiger partial charge is 0.223 e. The molecule has 0 saturated carbocycles. The van der Waals surface area contributed by atoms with Gasteiger partial charge in [0.1, 0.15) is 0 Å². The number of methoxy groups -OCH3 is 1. The molecule has 29 heavy (non-hydrogen) atoms. The number of nitrogens with one attached hydrogen (secondary N) is 1. The molecule has 5 nitrogen and oxygen atoms in total. The van der Waals surface area contributed by atoms with E-state index in [4.69, 9.17) is 4.74 Å². The van der Waals surface area contributed by atoms with Gasteiger partial charge in [0.05, 0.1) is 13.2 Å². The average molecular weight is 395 g/mol. The van der Waals surface area contributed by atoms with Crippen LogP contribution in [-0.4, -0.2) is 42.7 Å². The highest BCUT2D eigenvalue weighted by molar-refractivity contribution is 5.77. The minimum absolute atomic E-state index is 0.170. The second-order valence-electron chi connectivity index (χ2n) is 8.20. The van der Waals surface area contributed by atoms with Crippen LogP contribution in [-0.2, 0) is 11.2 Å². The van der Waals surface area contributed by atoms with E-state index in [1.54, 1.807) is 19.2 Å². The van der Waals surface area contributed by atoms with Gasteiger partial charge in [-0.2, -0.15) is 0 Å². The molecule has 2 aliphatic rings. The van der Waals surface area contributed by atoms with Crippen molar-refractivity contribution in [1.29, 1.82) is 0 Å². The molecule has 0 spiro atoms. The molecule has 154 valence electrons. The molecule has 2 heterocycles. The van der Waals surface area contributed by atoms with Crippen molar-refractivity contribution in [2.75, 3.05) is 26.7 Å². The fourth-order valence-electron chi connectivity index (χ4n) is 4.89. The molecule has 0 unspecified atom stereocenters. The van der Waals surface area contributed by atoms with Gasteiger partial charge in [0.25, 0.3) is 0 Å². The highest BCUT2D eigenvalue weighted by Gasteiger charge is 2.46. The SMILES string of the molecule is COc1ccc(CCCCC(=O)N2C[C@@H]3CNC[C@@H]3[C@H]2c2ccccc2)cc1O. The van der Waals surface area contributed by atoms with Crippen LogP contribution in [0.4, 0.5) is 0 Å². The fourth-order valence-corrected chi connectivity index (χ4v) is 4.89. The highest BCUT2D eigenvalue weighted by atomic mass is 16.5. The molecule has 1 amide bonds. The Morgan fingerprint density at radius 1 is 1.17 bits per heavy atom. The quantitative estimate of drug-likeness (QED) is 0.706. The number of aromatic hydroxyl groups is 1. The summed E-state index contributed by atoms with van der Waals surface area (Å²) in [6.45, 7) is 2.87. The molecule has 4 rings (SSSR count). The Morgan fingerprint density at radius 3 is 2.76 bits per heavy atom. The predicted molar refractivity (Wildman–Crippen MR) is 113 cm³/mol. The van der Waals surface area contributed by atoms with Gasteiger partial charge in [-0.25, -0.2) is 0 Å². The van der Waals surface area contributed by atoms with Crippen molar-refractivity contribution >= 4 is 5.91 Å². The number of benzene rings is 2. The first kappa shape index (κ1) is 19.8. The van der Waals surface area contributed by atoms with Crippen LogP contribution in [0.5, 0.6) is 11.5 Å². The second-order valence-corrected chi connectivity index (χ2v) is 8.20. The zero-order valence-corrected chi connectivity index (χ0v) is 17.0. The number of aryl methyl sites for hydroxylation is 1. The lowest BCUT2D eigenvalue weighted by Crippen LogP contribution is -2.34. The number of hydrogen-bond acceptors (Lipinski definition) is 4. The van der Waals surface area contributed by atoms with E-state index >= 15 is 0 Å². The Morgan fingerprint density at radius 2 is 2.00 bits per heavy atom. The molecule has 2 aromatic carbocycles. The molecule has 3 atom stereocenters. The van der Waals surface area contributed by atoms with Crippen LogP contribution in [0.1, 0.15) is 36.4 Å². The van der Waals surface area contributed by atoms with Crippen molar-refractivity contribution in [2.24, 2.45) is 11.8 Å². The summed E-state index contributed by atoms with van der Waals surface area (Å²) in [7, 11) is 1.55. The summed E-state index contributed by atoms with van der Waals surface area (Å²) < 4.78 is 5.09. The van der Waals surface area contributed by atoms with Gasteiger partial charge in [-0.15, -0.1) is 0 Å². The summed E-state index contributed by atoms with van der Waals surface area (Å²) in [5.74, 6) is 2.01. The zero-order valence-electron chi connectivity index (χ0n) is 17.0. The van der Waals surface area contributed by atoms with Crippen LogP contribution in [0.3, 0.4) is 0 Å². The lowest BCUT2D eigenvalue weighted by molar-refractivity contribution is -0.132. The molecule has 2 aromatic rings. The third-order valence-electron chi connectivity index (χ3n) is 6.38. The Kier molecular flexibility index (Phi) is 6.05. The number of likely N-dealkylation sites (tertiary alicyclic amines) is 1. The van der Waals surface area contributed by atoms with E-state index in [-0.39, 0.29) is 17.7 Å². The number of hydrogen-bond donors (Lipinski definition) is 2. The van der Waals surface area contributed by atoms with Gasteiger partial charge >= 0.3 is 0 Å². The number of amides is 1. The number of phenolic OH excluding ortho intramolecular Hbond substituents is 1. The molecule has 2 fully saturated rings. The number of carbonyl (C=O) groups excluding carboxylic acids is 1. The van der Waals surface area contributed by atoms with Gasteiger partial charge in [0.2, 0.25) is 5.91 Å². The Labute approximate surface area is 172 Å². The molecule has 2 N–H and O–H groups in total. The lowest BCUT2D eigenvalue weighted by Gasteiger charge is -2.28. The number of nitrogens with zero attached hydrogens (tertiary/aromatic N) is 1. The number of carbonyl (C=O) groups is 1. The van der Waals surface area contributed by atoms with E-state index in [9.17, 15) is 9.90 Å².